The lowest BCUT2D eigenvalue weighted by Gasteiger charge is -2.27. The van der Waals surface area contributed by atoms with E-state index in [-0.39, 0.29) is 0 Å². The van der Waals surface area contributed by atoms with Crippen molar-refractivity contribution in [2.24, 2.45) is 5.92 Å². The monoisotopic (exact) mass is 289 g/mol. The fraction of sp³-hybridized carbons (Fsp3) is 0.667. The molecule has 1 aliphatic heterocycles. The van der Waals surface area contributed by atoms with E-state index in [2.05, 4.69) is 67.3 Å². The van der Waals surface area contributed by atoms with E-state index >= 15 is 0 Å². The van der Waals surface area contributed by atoms with E-state index < -0.39 is 0 Å². The van der Waals surface area contributed by atoms with Crippen molar-refractivity contribution in [3.63, 3.8) is 0 Å². The number of rotatable bonds is 7. The number of likely N-dealkylation sites (N-methyl/N-ethyl adjacent to an activating group) is 1. The molecule has 21 heavy (non-hydrogen) atoms. The second kappa shape index (κ2) is 7.81. The van der Waals surface area contributed by atoms with Gasteiger partial charge in [0.05, 0.1) is 0 Å². The molecule has 0 aliphatic carbocycles. The van der Waals surface area contributed by atoms with Crippen LogP contribution < -0.4 is 10.2 Å². The van der Waals surface area contributed by atoms with Crippen LogP contribution in [0.1, 0.15) is 32.3 Å². The first kappa shape index (κ1) is 16.3. The largest absolute Gasteiger partial charge is 0.371 e. The van der Waals surface area contributed by atoms with Crippen molar-refractivity contribution in [2.75, 3.05) is 38.6 Å². The summed E-state index contributed by atoms with van der Waals surface area (Å²) in [6.45, 7) is 9.07. The van der Waals surface area contributed by atoms with Gasteiger partial charge >= 0.3 is 0 Å². The zero-order valence-electron chi connectivity index (χ0n) is 14.1. The third-order valence-electron chi connectivity index (χ3n) is 4.36. The molecule has 1 aromatic carbocycles. The molecular weight excluding hydrogens is 258 g/mol. The van der Waals surface area contributed by atoms with Gasteiger partial charge < -0.3 is 15.1 Å². The first-order valence-electron chi connectivity index (χ1n) is 8.29. The highest BCUT2D eigenvalue weighted by atomic mass is 15.1. The molecule has 1 heterocycles. The number of hydrogen-bond acceptors (Lipinski definition) is 3. The number of para-hydroxylation sites is 1. The molecule has 0 amide bonds. The van der Waals surface area contributed by atoms with Crippen molar-refractivity contribution in [1.82, 2.24) is 10.2 Å². The minimum absolute atomic E-state index is 0.534. The van der Waals surface area contributed by atoms with Gasteiger partial charge in [-0.05, 0) is 44.5 Å². The summed E-state index contributed by atoms with van der Waals surface area (Å²) in [5.74, 6) is 0.645. The third kappa shape index (κ3) is 4.72. The first-order chi connectivity index (χ1) is 10.1. The summed E-state index contributed by atoms with van der Waals surface area (Å²) in [6, 6.07) is 9.41. The van der Waals surface area contributed by atoms with E-state index in [1.54, 1.807) is 0 Å². The Hall–Kier alpha value is -1.06. The molecule has 1 atom stereocenters. The van der Waals surface area contributed by atoms with Crippen LogP contribution in [-0.2, 0) is 6.54 Å². The number of nitrogens with one attached hydrogen (secondary N) is 1. The molecule has 3 nitrogen and oxygen atoms in total. The highest BCUT2D eigenvalue weighted by molar-refractivity contribution is 5.54. The summed E-state index contributed by atoms with van der Waals surface area (Å²) in [7, 11) is 4.30. The van der Waals surface area contributed by atoms with E-state index in [4.69, 9.17) is 0 Å². The molecule has 2 rings (SSSR count). The number of anilines is 1. The smallest absolute Gasteiger partial charge is 0.0411 e. The third-order valence-corrected chi connectivity index (χ3v) is 4.36. The van der Waals surface area contributed by atoms with Gasteiger partial charge in [0.2, 0.25) is 0 Å². The molecule has 1 unspecified atom stereocenters. The summed E-state index contributed by atoms with van der Waals surface area (Å²) in [5, 5.41) is 3.76. The highest BCUT2D eigenvalue weighted by Crippen LogP contribution is 2.24. The molecule has 0 bridgehead atoms. The van der Waals surface area contributed by atoms with Crippen LogP contribution in [0.4, 0.5) is 5.69 Å². The van der Waals surface area contributed by atoms with Gasteiger partial charge in [-0.2, -0.15) is 0 Å². The number of nitrogens with zero attached hydrogens (tertiary/aromatic N) is 2. The molecular formula is C18H31N3. The second-order valence-electron chi connectivity index (χ2n) is 6.82. The zero-order valence-corrected chi connectivity index (χ0v) is 14.1. The van der Waals surface area contributed by atoms with E-state index in [1.807, 2.05) is 0 Å². The van der Waals surface area contributed by atoms with Crippen molar-refractivity contribution in [3.8, 4) is 0 Å². The average Bonchev–Trinajstić information content (AvgIpc) is 2.97. The number of hydrogen-bond donors (Lipinski definition) is 1. The Kier molecular flexibility index (Phi) is 6.07. The molecule has 118 valence electrons. The van der Waals surface area contributed by atoms with E-state index in [1.165, 1.54) is 37.2 Å². The summed E-state index contributed by atoms with van der Waals surface area (Å²) in [5.41, 5.74) is 2.86. The topological polar surface area (TPSA) is 18.5 Å². The quantitative estimate of drug-likeness (QED) is 0.832. The van der Waals surface area contributed by atoms with Crippen molar-refractivity contribution in [3.05, 3.63) is 29.8 Å². The lowest BCUT2D eigenvalue weighted by Crippen LogP contribution is -2.41. The standard InChI is InChI=1S/C18H31N3/c1-15(2)17(14-20(3)4)19-13-16-9-5-6-10-18(16)21-11-7-8-12-21/h5-6,9-10,15,17,19H,7-8,11-14H2,1-4H3. The maximum Gasteiger partial charge on any atom is 0.0411 e. The molecule has 0 saturated carbocycles. The molecule has 3 heteroatoms. The Balaban J connectivity index is 2.01. The lowest BCUT2D eigenvalue weighted by molar-refractivity contribution is 0.288. The fourth-order valence-electron chi connectivity index (χ4n) is 3.07. The summed E-state index contributed by atoms with van der Waals surface area (Å²) in [4.78, 5) is 4.80. The van der Waals surface area contributed by atoms with Gasteiger partial charge in [-0.3, -0.25) is 0 Å². The van der Waals surface area contributed by atoms with Crippen LogP contribution in [0.5, 0.6) is 0 Å². The molecule has 1 saturated heterocycles. The number of benzene rings is 1. The summed E-state index contributed by atoms with van der Waals surface area (Å²) < 4.78 is 0. The van der Waals surface area contributed by atoms with Gasteiger partial charge in [0.1, 0.15) is 0 Å². The van der Waals surface area contributed by atoms with Gasteiger partial charge in [-0.15, -0.1) is 0 Å². The summed E-state index contributed by atoms with van der Waals surface area (Å²) in [6.07, 6.45) is 2.66. The Labute approximate surface area is 130 Å². The maximum absolute atomic E-state index is 3.76. The van der Waals surface area contributed by atoms with E-state index in [0.29, 0.717) is 12.0 Å². The van der Waals surface area contributed by atoms with Crippen LogP contribution in [0.3, 0.4) is 0 Å². The Morgan fingerprint density at radius 2 is 1.81 bits per heavy atom. The fourth-order valence-corrected chi connectivity index (χ4v) is 3.07. The molecule has 1 N–H and O–H groups in total. The van der Waals surface area contributed by atoms with Crippen molar-refractivity contribution in [1.29, 1.82) is 0 Å². The van der Waals surface area contributed by atoms with E-state index in [9.17, 15) is 0 Å². The Bertz CT molecular complexity index is 422. The Morgan fingerprint density at radius 3 is 2.43 bits per heavy atom. The Morgan fingerprint density at radius 1 is 1.14 bits per heavy atom. The van der Waals surface area contributed by atoms with Crippen molar-refractivity contribution >= 4 is 5.69 Å². The van der Waals surface area contributed by atoms with Gasteiger partial charge in [-0.1, -0.05) is 32.0 Å². The van der Waals surface area contributed by atoms with Crippen molar-refractivity contribution in [2.45, 2.75) is 39.3 Å². The molecule has 1 aliphatic rings. The molecule has 1 fully saturated rings. The van der Waals surface area contributed by atoms with Gasteiger partial charge in [0.15, 0.2) is 0 Å². The lowest BCUT2D eigenvalue weighted by atomic mass is 10.0. The van der Waals surface area contributed by atoms with Crippen LogP contribution in [0.25, 0.3) is 0 Å². The van der Waals surface area contributed by atoms with Gasteiger partial charge in [-0.25, -0.2) is 0 Å². The first-order valence-corrected chi connectivity index (χ1v) is 8.29. The average molecular weight is 289 g/mol. The van der Waals surface area contributed by atoms with Crippen LogP contribution in [0, 0.1) is 5.92 Å². The minimum atomic E-state index is 0.534. The van der Waals surface area contributed by atoms with Gasteiger partial charge in [0.25, 0.3) is 0 Å². The highest BCUT2D eigenvalue weighted by Gasteiger charge is 2.17. The normalized spacial score (nSPS) is 17.0. The SMILES string of the molecule is CC(C)C(CN(C)C)NCc1ccccc1N1CCCC1. The predicted molar refractivity (Wildman–Crippen MR) is 91.9 cm³/mol. The minimum Gasteiger partial charge on any atom is -0.371 e. The van der Waals surface area contributed by atoms with Crippen LogP contribution in [-0.4, -0.2) is 44.7 Å². The van der Waals surface area contributed by atoms with Crippen molar-refractivity contribution < 1.29 is 0 Å². The molecule has 0 aromatic heterocycles. The zero-order chi connectivity index (χ0) is 15.2. The van der Waals surface area contributed by atoms with E-state index in [0.717, 1.165) is 13.1 Å². The van der Waals surface area contributed by atoms with Crippen LogP contribution in [0.2, 0.25) is 0 Å². The van der Waals surface area contributed by atoms with Crippen LogP contribution in [0.15, 0.2) is 24.3 Å². The molecule has 1 aromatic rings. The maximum atomic E-state index is 3.76. The predicted octanol–water partition coefficient (Wildman–Crippen LogP) is 2.96. The van der Waals surface area contributed by atoms with Gasteiger partial charge in [0, 0.05) is 37.9 Å². The molecule has 0 radical (unpaired) electrons. The van der Waals surface area contributed by atoms with Crippen LogP contribution >= 0.6 is 0 Å². The summed E-state index contributed by atoms with van der Waals surface area (Å²) >= 11 is 0. The molecule has 0 spiro atoms. The second-order valence-corrected chi connectivity index (χ2v) is 6.82.